The molecule has 1 saturated heterocycles. The summed E-state index contributed by atoms with van der Waals surface area (Å²) in [5.41, 5.74) is 9.69. The molecular formula is C24H29N7O4. The molecule has 0 bridgehead atoms. The number of hydrogen-bond donors (Lipinski definition) is 4. The molecule has 0 radical (unpaired) electrons. The first-order valence-corrected chi connectivity index (χ1v) is 11.5. The molecule has 4 rings (SSSR count). The fourth-order valence-corrected chi connectivity index (χ4v) is 4.41. The molecule has 3 aromatic rings. The number of amides is 3. The van der Waals surface area contributed by atoms with Crippen LogP contribution in [0.2, 0.25) is 0 Å². The molecule has 2 heterocycles. The van der Waals surface area contributed by atoms with Gasteiger partial charge in [0.25, 0.3) is 0 Å². The second kappa shape index (κ2) is 10.5. The van der Waals surface area contributed by atoms with E-state index in [1.54, 1.807) is 11.7 Å². The normalized spacial score (nSPS) is 18.4. The summed E-state index contributed by atoms with van der Waals surface area (Å²) >= 11 is 0. The highest BCUT2D eigenvalue weighted by Crippen LogP contribution is 2.21. The van der Waals surface area contributed by atoms with Gasteiger partial charge in [-0.1, -0.05) is 41.6 Å². The molecule has 1 aliphatic rings. The third kappa shape index (κ3) is 5.75. The first-order chi connectivity index (χ1) is 16.8. The van der Waals surface area contributed by atoms with Gasteiger partial charge in [0.15, 0.2) is 0 Å². The van der Waals surface area contributed by atoms with Crippen LogP contribution >= 0.6 is 0 Å². The zero-order valence-electron chi connectivity index (χ0n) is 19.4. The first-order valence-electron chi connectivity index (χ1n) is 11.5. The van der Waals surface area contributed by atoms with Crippen molar-refractivity contribution in [3.63, 3.8) is 0 Å². The van der Waals surface area contributed by atoms with E-state index < -0.39 is 24.2 Å². The molecule has 2 aromatic carbocycles. The van der Waals surface area contributed by atoms with Gasteiger partial charge in [-0.2, -0.15) is 0 Å². The Labute approximate surface area is 202 Å². The van der Waals surface area contributed by atoms with Gasteiger partial charge in [-0.3, -0.25) is 9.59 Å². The highest BCUT2D eigenvalue weighted by atomic mass is 16.4. The van der Waals surface area contributed by atoms with Crippen molar-refractivity contribution in [1.29, 1.82) is 0 Å². The molecule has 3 amide bonds. The number of nitrogens with two attached hydrogens (primary N) is 1. The molecule has 1 fully saturated rings. The molecule has 0 saturated carbocycles. The molecule has 5 N–H and O–H groups in total. The average molecular weight is 480 g/mol. The summed E-state index contributed by atoms with van der Waals surface area (Å²) in [6, 6.07) is 13.1. The molecule has 0 spiro atoms. The van der Waals surface area contributed by atoms with Gasteiger partial charge in [-0.05, 0) is 42.5 Å². The van der Waals surface area contributed by atoms with Crippen LogP contribution in [-0.2, 0) is 29.6 Å². The molecular weight excluding hydrogens is 450 g/mol. The summed E-state index contributed by atoms with van der Waals surface area (Å²) in [6.07, 6.45) is 0.0237. The standard InChI is InChI=1S/C24H29N7O4/c1-30-20-10-8-16(11-19(20)28-29-30)13-26-22(32)21-12-17(27-24(34)35)14-31(21)23(33)18(25)9-7-15-5-3-2-4-6-15/h2-6,8,10-11,17-18,21,27H,7,9,12-14,25H2,1H3,(H,26,32)(H,34,35)/t17-,18+,21-/m0/s1. The predicted octanol–water partition coefficient (Wildman–Crippen LogP) is 0.782. The van der Waals surface area contributed by atoms with E-state index in [0.29, 0.717) is 18.4 Å². The zero-order valence-corrected chi connectivity index (χ0v) is 19.4. The van der Waals surface area contributed by atoms with Crippen molar-refractivity contribution in [2.24, 2.45) is 12.8 Å². The van der Waals surface area contributed by atoms with Crippen molar-refractivity contribution in [3.8, 4) is 0 Å². The zero-order chi connectivity index (χ0) is 24.9. The lowest BCUT2D eigenvalue weighted by molar-refractivity contribution is -0.139. The first kappa shape index (κ1) is 24.1. The van der Waals surface area contributed by atoms with E-state index in [9.17, 15) is 14.4 Å². The Bertz CT molecular complexity index is 1210. The molecule has 0 aliphatic carbocycles. The van der Waals surface area contributed by atoms with Gasteiger partial charge < -0.3 is 26.4 Å². The number of benzene rings is 2. The van der Waals surface area contributed by atoms with Crippen LogP contribution in [0.1, 0.15) is 24.0 Å². The van der Waals surface area contributed by atoms with E-state index in [2.05, 4.69) is 20.9 Å². The summed E-state index contributed by atoms with van der Waals surface area (Å²) in [7, 11) is 1.80. The Morgan fingerprint density at radius 2 is 1.94 bits per heavy atom. The highest BCUT2D eigenvalue weighted by Gasteiger charge is 2.41. The molecule has 35 heavy (non-hydrogen) atoms. The molecule has 184 valence electrons. The number of likely N-dealkylation sites (tertiary alicyclic amines) is 1. The maximum absolute atomic E-state index is 13.2. The highest BCUT2D eigenvalue weighted by molar-refractivity contribution is 5.90. The number of aryl methyl sites for hydroxylation is 2. The Morgan fingerprint density at radius 1 is 1.17 bits per heavy atom. The number of nitrogens with zero attached hydrogens (tertiary/aromatic N) is 4. The number of carbonyl (C=O) groups excluding carboxylic acids is 2. The summed E-state index contributed by atoms with van der Waals surface area (Å²) in [5.74, 6) is -0.723. The second-order valence-electron chi connectivity index (χ2n) is 8.77. The van der Waals surface area contributed by atoms with Gasteiger partial charge in [-0.25, -0.2) is 9.48 Å². The monoisotopic (exact) mass is 479 g/mol. The van der Waals surface area contributed by atoms with Crippen molar-refractivity contribution in [3.05, 3.63) is 59.7 Å². The Morgan fingerprint density at radius 3 is 2.69 bits per heavy atom. The van der Waals surface area contributed by atoms with Gasteiger partial charge in [0.1, 0.15) is 11.6 Å². The van der Waals surface area contributed by atoms with Crippen molar-refractivity contribution >= 4 is 28.9 Å². The number of fused-ring (bicyclic) bond motifs is 1. The van der Waals surface area contributed by atoms with Crippen LogP contribution in [0.5, 0.6) is 0 Å². The van der Waals surface area contributed by atoms with Crippen LogP contribution in [0.15, 0.2) is 48.5 Å². The van der Waals surface area contributed by atoms with Crippen LogP contribution in [0.4, 0.5) is 4.79 Å². The summed E-state index contributed by atoms with van der Waals surface area (Å²) < 4.78 is 1.66. The van der Waals surface area contributed by atoms with Crippen molar-refractivity contribution < 1.29 is 19.5 Å². The number of carboxylic acid groups (broad SMARTS) is 1. The smallest absolute Gasteiger partial charge is 0.404 e. The van der Waals surface area contributed by atoms with Crippen LogP contribution in [0, 0.1) is 0 Å². The topological polar surface area (TPSA) is 155 Å². The fourth-order valence-electron chi connectivity index (χ4n) is 4.41. The van der Waals surface area contributed by atoms with Gasteiger partial charge in [0, 0.05) is 20.1 Å². The fraction of sp³-hybridized carbons (Fsp3) is 0.375. The molecule has 1 aromatic heterocycles. The van der Waals surface area contributed by atoms with Gasteiger partial charge in [0.2, 0.25) is 11.8 Å². The van der Waals surface area contributed by atoms with Crippen LogP contribution in [0.25, 0.3) is 11.0 Å². The second-order valence-corrected chi connectivity index (χ2v) is 8.77. The average Bonchev–Trinajstić information content (AvgIpc) is 3.44. The van der Waals surface area contributed by atoms with Gasteiger partial charge in [-0.15, -0.1) is 5.10 Å². The molecule has 0 unspecified atom stereocenters. The van der Waals surface area contributed by atoms with E-state index in [1.807, 2.05) is 48.5 Å². The van der Waals surface area contributed by atoms with Crippen molar-refractivity contribution in [2.45, 2.75) is 43.9 Å². The third-order valence-electron chi connectivity index (χ3n) is 6.26. The Hall–Kier alpha value is -3.99. The van der Waals surface area contributed by atoms with E-state index in [0.717, 1.165) is 16.6 Å². The van der Waals surface area contributed by atoms with E-state index >= 15 is 0 Å². The Kier molecular flexibility index (Phi) is 7.25. The molecule has 3 atom stereocenters. The van der Waals surface area contributed by atoms with Crippen molar-refractivity contribution in [2.75, 3.05) is 6.54 Å². The van der Waals surface area contributed by atoms with Crippen LogP contribution < -0.4 is 16.4 Å². The van der Waals surface area contributed by atoms with Crippen molar-refractivity contribution in [1.82, 2.24) is 30.5 Å². The minimum Gasteiger partial charge on any atom is -0.465 e. The molecule has 1 aliphatic heterocycles. The number of carbonyl (C=O) groups is 3. The SMILES string of the molecule is Cn1nnc2cc(CNC(=O)[C@@H]3C[C@H](NC(=O)O)CN3C(=O)[C@H](N)CCc3ccccc3)ccc21. The quantitative estimate of drug-likeness (QED) is 0.372. The van der Waals surface area contributed by atoms with Crippen LogP contribution in [-0.4, -0.2) is 67.6 Å². The lowest BCUT2D eigenvalue weighted by atomic mass is 10.0. The maximum Gasteiger partial charge on any atom is 0.404 e. The van der Waals surface area contributed by atoms with E-state index in [-0.39, 0.29) is 31.3 Å². The summed E-state index contributed by atoms with van der Waals surface area (Å²) in [5, 5.41) is 22.4. The minimum absolute atomic E-state index is 0.0911. The number of hydrogen-bond acceptors (Lipinski definition) is 6. The summed E-state index contributed by atoms with van der Waals surface area (Å²) in [4.78, 5) is 38.8. The predicted molar refractivity (Wildman–Crippen MR) is 128 cm³/mol. The van der Waals surface area contributed by atoms with E-state index in [1.165, 1.54) is 4.90 Å². The lowest BCUT2D eigenvalue weighted by Gasteiger charge is -2.26. The molecule has 11 heteroatoms. The number of nitrogens with one attached hydrogen (secondary N) is 2. The number of aromatic nitrogens is 3. The molecule has 11 nitrogen and oxygen atoms in total. The lowest BCUT2D eigenvalue weighted by Crippen LogP contribution is -2.51. The van der Waals surface area contributed by atoms with Crippen LogP contribution in [0.3, 0.4) is 0 Å². The number of rotatable bonds is 8. The third-order valence-corrected chi connectivity index (χ3v) is 6.26. The largest absolute Gasteiger partial charge is 0.465 e. The van der Waals surface area contributed by atoms with E-state index in [4.69, 9.17) is 10.8 Å². The van der Waals surface area contributed by atoms with Gasteiger partial charge in [0.05, 0.1) is 17.6 Å². The summed E-state index contributed by atoms with van der Waals surface area (Å²) in [6.45, 7) is 0.328. The Balaban J connectivity index is 1.41. The van der Waals surface area contributed by atoms with Gasteiger partial charge >= 0.3 is 6.09 Å². The minimum atomic E-state index is -1.20. The maximum atomic E-state index is 13.2.